The van der Waals surface area contributed by atoms with Crippen molar-refractivity contribution in [2.24, 2.45) is 11.8 Å². The number of likely N-dealkylation sites (tertiary alicyclic amines) is 1. The van der Waals surface area contributed by atoms with Crippen LogP contribution in [0.3, 0.4) is 0 Å². The van der Waals surface area contributed by atoms with Gasteiger partial charge in [-0.3, -0.25) is 4.79 Å². The fraction of sp³-hybridized carbons (Fsp3) is 0.526. The molecule has 0 saturated carbocycles. The highest BCUT2D eigenvalue weighted by Crippen LogP contribution is 2.33. The van der Waals surface area contributed by atoms with E-state index in [4.69, 9.17) is 0 Å². The SMILES string of the molecule is CC(C)C[C@H]1CN(C(=O)c2ccc3[nH]ccc3c2)CC[C@@]1(C)O. The number of fused-ring (bicyclic) bond motifs is 1. The summed E-state index contributed by atoms with van der Waals surface area (Å²) < 4.78 is 0. The van der Waals surface area contributed by atoms with Gasteiger partial charge in [-0.05, 0) is 49.9 Å². The summed E-state index contributed by atoms with van der Waals surface area (Å²) in [5, 5.41) is 11.7. The van der Waals surface area contributed by atoms with Crippen LogP contribution in [-0.2, 0) is 0 Å². The Balaban J connectivity index is 1.79. The number of piperidine rings is 1. The van der Waals surface area contributed by atoms with E-state index >= 15 is 0 Å². The van der Waals surface area contributed by atoms with Gasteiger partial charge < -0.3 is 15.0 Å². The molecular weight excluding hydrogens is 288 g/mol. The molecule has 0 unspecified atom stereocenters. The van der Waals surface area contributed by atoms with Crippen LogP contribution in [0.2, 0.25) is 0 Å². The Kier molecular flexibility index (Phi) is 4.19. The molecule has 1 fully saturated rings. The Hall–Kier alpha value is -1.81. The van der Waals surface area contributed by atoms with E-state index in [1.807, 2.05) is 42.3 Å². The zero-order chi connectivity index (χ0) is 16.6. The van der Waals surface area contributed by atoms with Crippen LogP contribution in [0.4, 0.5) is 0 Å². The van der Waals surface area contributed by atoms with Crippen molar-refractivity contribution < 1.29 is 9.90 Å². The maximum atomic E-state index is 12.8. The fourth-order valence-electron chi connectivity index (χ4n) is 3.57. The van der Waals surface area contributed by atoms with E-state index in [0.717, 1.165) is 22.9 Å². The quantitative estimate of drug-likeness (QED) is 0.912. The molecule has 2 heterocycles. The predicted octanol–water partition coefficient (Wildman–Crippen LogP) is 3.43. The maximum absolute atomic E-state index is 12.8. The van der Waals surface area contributed by atoms with Crippen LogP contribution in [0.25, 0.3) is 10.9 Å². The van der Waals surface area contributed by atoms with Gasteiger partial charge in [-0.25, -0.2) is 0 Å². The molecule has 23 heavy (non-hydrogen) atoms. The molecule has 0 spiro atoms. The molecule has 1 saturated heterocycles. The highest BCUT2D eigenvalue weighted by atomic mass is 16.3. The summed E-state index contributed by atoms with van der Waals surface area (Å²) in [7, 11) is 0. The molecule has 0 bridgehead atoms. The summed E-state index contributed by atoms with van der Waals surface area (Å²) in [6.45, 7) is 7.49. The molecule has 4 heteroatoms. The van der Waals surface area contributed by atoms with E-state index < -0.39 is 5.60 Å². The number of hydrogen-bond donors (Lipinski definition) is 2. The van der Waals surface area contributed by atoms with Crippen molar-refractivity contribution in [3.8, 4) is 0 Å². The predicted molar refractivity (Wildman–Crippen MR) is 92.4 cm³/mol. The number of rotatable bonds is 3. The van der Waals surface area contributed by atoms with Crippen LogP contribution in [0.5, 0.6) is 0 Å². The molecule has 4 nitrogen and oxygen atoms in total. The lowest BCUT2D eigenvalue weighted by atomic mass is 9.78. The highest BCUT2D eigenvalue weighted by Gasteiger charge is 2.39. The van der Waals surface area contributed by atoms with Crippen LogP contribution >= 0.6 is 0 Å². The third-order valence-corrected chi connectivity index (χ3v) is 5.05. The summed E-state index contributed by atoms with van der Waals surface area (Å²) in [5.41, 5.74) is 1.09. The minimum Gasteiger partial charge on any atom is -0.390 e. The molecule has 2 aromatic rings. The lowest BCUT2D eigenvalue weighted by Gasteiger charge is -2.43. The molecule has 1 amide bonds. The first-order chi connectivity index (χ1) is 10.9. The zero-order valence-electron chi connectivity index (χ0n) is 14.2. The van der Waals surface area contributed by atoms with E-state index in [-0.39, 0.29) is 11.8 Å². The second-order valence-electron chi connectivity index (χ2n) is 7.46. The second kappa shape index (κ2) is 6.00. The van der Waals surface area contributed by atoms with E-state index in [1.54, 1.807) is 0 Å². The number of hydrogen-bond acceptors (Lipinski definition) is 2. The number of nitrogens with one attached hydrogen (secondary N) is 1. The van der Waals surface area contributed by atoms with Crippen LogP contribution < -0.4 is 0 Å². The molecule has 1 aliphatic heterocycles. The average Bonchev–Trinajstić information content (AvgIpc) is 2.95. The summed E-state index contributed by atoms with van der Waals surface area (Å²) in [6.07, 6.45) is 3.46. The monoisotopic (exact) mass is 314 g/mol. The fourth-order valence-corrected chi connectivity index (χ4v) is 3.57. The highest BCUT2D eigenvalue weighted by molar-refractivity contribution is 5.98. The Labute approximate surface area is 137 Å². The lowest BCUT2D eigenvalue weighted by Crippen LogP contribution is -2.52. The molecular formula is C19H26N2O2. The molecule has 2 N–H and O–H groups in total. The third-order valence-electron chi connectivity index (χ3n) is 5.05. The van der Waals surface area contributed by atoms with Gasteiger partial charge in [0.05, 0.1) is 5.60 Å². The first-order valence-electron chi connectivity index (χ1n) is 8.45. The number of aromatic amines is 1. The van der Waals surface area contributed by atoms with Crippen LogP contribution in [0.15, 0.2) is 30.5 Å². The number of H-pyrrole nitrogens is 1. The Morgan fingerprint density at radius 2 is 2.22 bits per heavy atom. The number of benzene rings is 1. The van der Waals surface area contributed by atoms with E-state index in [2.05, 4.69) is 18.8 Å². The van der Waals surface area contributed by atoms with Gasteiger partial charge in [-0.2, -0.15) is 0 Å². The minimum atomic E-state index is -0.675. The number of aromatic nitrogens is 1. The number of carbonyl (C=O) groups is 1. The Morgan fingerprint density at radius 1 is 1.43 bits per heavy atom. The van der Waals surface area contributed by atoms with Crippen molar-refractivity contribution >= 4 is 16.8 Å². The lowest BCUT2D eigenvalue weighted by molar-refractivity contribution is -0.0577. The molecule has 0 radical (unpaired) electrons. The molecule has 3 rings (SSSR count). The van der Waals surface area contributed by atoms with Crippen molar-refractivity contribution in [2.75, 3.05) is 13.1 Å². The first-order valence-corrected chi connectivity index (χ1v) is 8.45. The summed E-state index contributed by atoms with van der Waals surface area (Å²) in [6, 6.07) is 7.76. The normalized spacial score (nSPS) is 25.3. The van der Waals surface area contributed by atoms with Gasteiger partial charge in [-0.15, -0.1) is 0 Å². The average molecular weight is 314 g/mol. The van der Waals surface area contributed by atoms with Crippen LogP contribution in [0, 0.1) is 11.8 Å². The number of nitrogens with zero attached hydrogens (tertiary/aromatic N) is 1. The van der Waals surface area contributed by atoms with Crippen molar-refractivity contribution in [3.05, 3.63) is 36.0 Å². The molecule has 2 atom stereocenters. The minimum absolute atomic E-state index is 0.0670. The van der Waals surface area contributed by atoms with E-state index in [1.165, 1.54) is 0 Å². The first kappa shape index (κ1) is 16.1. The molecule has 1 aromatic heterocycles. The van der Waals surface area contributed by atoms with Gasteiger partial charge >= 0.3 is 0 Å². The molecule has 1 aliphatic rings. The largest absolute Gasteiger partial charge is 0.390 e. The Bertz CT molecular complexity index is 702. The van der Waals surface area contributed by atoms with Crippen molar-refractivity contribution in [3.63, 3.8) is 0 Å². The van der Waals surface area contributed by atoms with E-state index in [9.17, 15) is 9.90 Å². The van der Waals surface area contributed by atoms with Crippen molar-refractivity contribution in [1.29, 1.82) is 0 Å². The number of aliphatic hydroxyl groups is 1. The summed E-state index contributed by atoms with van der Waals surface area (Å²) in [5.74, 6) is 0.714. The molecule has 0 aliphatic carbocycles. The Morgan fingerprint density at radius 3 is 2.96 bits per heavy atom. The zero-order valence-corrected chi connectivity index (χ0v) is 14.2. The van der Waals surface area contributed by atoms with E-state index in [0.29, 0.717) is 25.4 Å². The van der Waals surface area contributed by atoms with Crippen LogP contribution in [-0.4, -0.2) is 39.6 Å². The second-order valence-corrected chi connectivity index (χ2v) is 7.46. The smallest absolute Gasteiger partial charge is 0.253 e. The van der Waals surface area contributed by atoms with Gasteiger partial charge in [0.1, 0.15) is 0 Å². The number of amides is 1. The number of carbonyl (C=O) groups excluding carboxylic acids is 1. The van der Waals surface area contributed by atoms with Crippen molar-refractivity contribution in [1.82, 2.24) is 9.88 Å². The summed E-state index contributed by atoms with van der Waals surface area (Å²) >= 11 is 0. The standard InChI is InChI=1S/C19H26N2O2/c1-13(2)10-16-12-21(9-7-19(16,3)23)18(22)15-4-5-17-14(11-15)6-8-20-17/h4-6,8,11,13,16,20,23H,7,9-10,12H2,1-3H3/t16-,19+/m0/s1. The van der Waals surface area contributed by atoms with Gasteiger partial charge in [0.2, 0.25) is 0 Å². The van der Waals surface area contributed by atoms with Gasteiger partial charge in [0, 0.05) is 41.7 Å². The molecule has 124 valence electrons. The summed E-state index contributed by atoms with van der Waals surface area (Å²) in [4.78, 5) is 17.9. The van der Waals surface area contributed by atoms with Crippen molar-refractivity contribution in [2.45, 2.75) is 39.2 Å². The van der Waals surface area contributed by atoms with Crippen LogP contribution in [0.1, 0.15) is 44.0 Å². The van der Waals surface area contributed by atoms with Gasteiger partial charge in [0.25, 0.3) is 5.91 Å². The van der Waals surface area contributed by atoms with Gasteiger partial charge in [-0.1, -0.05) is 13.8 Å². The maximum Gasteiger partial charge on any atom is 0.253 e. The molecule has 1 aromatic carbocycles. The van der Waals surface area contributed by atoms with Gasteiger partial charge in [0.15, 0.2) is 0 Å². The third kappa shape index (κ3) is 3.27. The topological polar surface area (TPSA) is 56.3 Å².